The molecule has 1 aromatic heterocycles. The Bertz CT molecular complexity index is 618. The number of rotatable bonds is 4. The lowest BCUT2D eigenvalue weighted by molar-refractivity contribution is -0.128. The van der Waals surface area contributed by atoms with Crippen LogP contribution in [0.1, 0.15) is 75.0 Å². The molecule has 3 aliphatic carbocycles. The number of nitrogens with zero attached hydrogens (tertiary/aromatic N) is 4. The summed E-state index contributed by atoms with van der Waals surface area (Å²) in [6.07, 6.45) is 9.88. The van der Waals surface area contributed by atoms with Crippen molar-refractivity contribution in [2.45, 2.75) is 82.0 Å². The van der Waals surface area contributed by atoms with Gasteiger partial charge in [-0.25, -0.2) is 0 Å². The molecule has 1 saturated heterocycles. The fourth-order valence-electron chi connectivity index (χ4n) is 4.42. The van der Waals surface area contributed by atoms with Gasteiger partial charge in [-0.1, -0.05) is 12.8 Å². The molecule has 2 heterocycles. The number of nitrogens with one attached hydrogen (secondary N) is 1. The van der Waals surface area contributed by atoms with E-state index in [0.717, 1.165) is 18.8 Å². The Kier molecular flexibility index (Phi) is 3.21. The first-order chi connectivity index (χ1) is 11.3. The quantitative estimate of drug-likeness (QED) is 0.919. The van der Waals surface area contributed by atoms with Crippen LogP contribution in [0.2, 0.25) is 0 Å². The first-order valence-corrected chi connectivity index (χ1v) is 9.26. The number of aromatic nitrogens is 3. The molecule has 23 heavy (non-hydrogen) atoms. The average molecular weight is 315 g/mol. The summed E-state index contributed by atoms with van der Waals surface area (Å²) >= 11 is 0. The van der Waals surface area contributed by atoms with Crippen molar-refractivity contribution in [1.82, 2.24) is 25.0 Å². The lowest BCUT2D eigenvalue weighted by Crippen LogP contribution is -2.61. The van der Waals surface area contributed by atoms with Gasteiger partial charge < -0.3 is 9.88 Å². The molecule has 1 amide bonds. The lowest BCUT2D eigenvalue weighted by Gasteiger charge is -2.43. The van der Waals surface area contributed by atoms with Gasteiger partial charge in [0, 0.05) is 24.0 Å². The summed E-state index contributed by atoms with van der Waals surface area (Å²) < 4.78 is 2.42. The molecule has 0 aromatic carbocycles. The van der Waals surface area contributed by atoms with Crippen molar-refractivity contribution in [3.8, 4) is 0 Å². The van der Waals surface area contributed by atoms with Crippen LogP contribution in [0, 0.1) is 0 Å². The normalized spacial score (nSPS) is 31.7. The van der Waals surface area contributed by atoms with Crippen LogP contribution in [0.4, 0.5) is 0 Å². The zero-order valence-electron chi connectivity index (χ0n) is 13.6. The van der Waals surface area contributed by atoms with Crippen LogP contribution in [0.15, 0.2) is 0 Å². The highest BCUT2D eigenvalue weighted by Gasteiger charge is 2.39. The Labute approximate surface area is 136 Å². The minimum absolute atomic E-state index is 0.174. The number of carbonyl (C=O) groups excluding carboxylic acids is 1. The number of carbonyl (C=O) groups is 1. The van der Waals surface area contributed by atoms with E-state index in [1.807, 2.05) is 0 Å². The van der Waals surface area contributed by atoms with Crippen LogP contribution in [-0.2, 0) is 11.3 Å². The molecule has 6 heteroatoms. The van der Waals surface area contributed by atoms with E-state index in [0.29, 0.717) is 30.6 Å². The molecule has 6 nitrogen and oxygen atoms in total. The molecule has 0 unspecified atom stereocenters. The minimum atomic E-state index is 0.174. The Morgan fingerprint density at radius 2 is 1.87 bits per heavy atom. The summed E-state index contributed by atoms with van der Waals surface area (Å²) in [5, 5.41) is 12.2. The van der Waals surface area contributed by atoms with Gasteiger partial charge in [0.15, 0.2) is 0 Å². The van der Waals surface area contributed by atoms with Gasteiger partial charge in [-0.3, -0.25) is 9.69 Å². The number of hydrogen-bond acceptors (Lipinski definition) is 4. The van der Waals surface area contributed by atoms with Crippen molar-refractivity contribution >= 4 is 5.91 Å². The van der Waals surface area contributed by atoms with Crippen molar-refractivity contribution in [3.05, 3.63) is 11.6 Å². The molecule has 5 rings (SSSR count). The van der Waals surface area contributed by atoms with Crippen molar-refractivity contribution in [2.24, 2.45) is 0 Å². The van der Waals surface area contributed by atoms with Crippen LogP contribution in [-0.4, -0.2) is 44.2 Å². The third-order valence-electron chi connectivity index (χ3n) is 5.88. The summed E-state index contributed by atoms with van der Waals surface area (Å²) in [5.74, 6) is 3.12. The van der Waals surface area contributed by atoms with E-state index in [1.54, 1.807) is 0 Å². The van der Waals surface area contributed by atoms with Gasteiger partial charge in [-0.05, 0) is 38.5 Å². The number of hydrogen-bond donors (Lipinski definition) is 1. The highest BCUT2D eigenvalue weighted by Crippen LogP contribution is 2.45. The van der Waals surface area contributed by atoms with E-state index in [2.05, 4.69) is 25.0 Å². The van der Waals surface area contributed by atoms with Crippen molar-refractivity contribution in [1.29, 1.82) is 0 Å². The summed E-state index contributed by atoms with van der Waals surface area (Å²) in [4.78, 5) is 14.4. The first-order valence-electron chi connectivity index (χ1n) is 9.26. The minimum Gasteiger partial charge on any atom is -0.351 e. The molecule has 2 atom stereocenters. The van der Waals surface area contributed by atoms with Gasteiger partial charge >= 0.3 is 0 Å². The Hall–Kier alpha value is -1.43. The largest absolute Gasteiger partial charge is 0.351 e. The molecule has 0 bridgehead atoms. The Balaban J connectivity index is 1.41. The van der Waals surface area contributed by atoms with Crippen LogP contribution in [0.3, 0.4) is 0 Å². The molecule has 1 aromatic rings. The van der Waals surface area contributed by atoms with Crippen molar-refractivity contribution < 1.29 is 4.79 Å². The maximum absolute atomic E-state index is 12.1. The van der Waals surface area contributed by atoms with Crippen molar-refractivity contribution in [3.63, 3.8) is 0 Å². The summed E-state index contributed by atoms with van der Waals surface area (Å²) in [7, 11) is 0. The van der Waals surface area contributed by atoms with E-state index < -0.39 is 0 Å². The molecule has 124 valence electrons. The van der Waals surface area contributed by atoms with Gasteiger partial charge in [0.1, 0.15) is 11.6 Å². The van der Waals surface area contributed by atoms with Crippen LogP contribution in [0.5, 0.6) is 0 Å². The molecule has 4 aliphatic rings. The number of fused-ring (bicyclic) bond motifs is 1. The van der Waals surface area contributed by atoms with Gasteiger partial charge in [-0.15, -0.1) is 10.2 Å². The zero-order chi connectivity index (χ0) is 15.4. The standard InChI is InChI=1S/C17H25N5O/c23-16-10-21(14-4-2-1-3-13(14)18-16)9-15-19-20-17(11-5-6-11)22(15)12-7-8-12/h11-14H,1-10H2,(H,18,23)/t13-,14+/m1/s1. The van der Waals surface area contributed by atoms with Crippen molar-refractivity contribution in [2.75, 3.05) is 6.54 Å². The van der Waals surface area contributed by atoms with E-state index in [1.165, 1.54) is 50.8 Å². The fourth-order valence-corrected chi connectivity index (χ4v) is 4.42. The van der Waals surface area contributed by atoms with Crippen LogP contribution < -0.4 is 5.32 Å². The first kappa shape index (κ1) is 14.0. The molecule has 0 radical (unpaired) electrons. The Morgan fingerprint density at radius 3 is 2.65 bits per heavy atom. The predicted molar refractivity (Wildman–Crippen MR) is 84.9 cm³/mol. The second-order valence-electron chi connectivity index (χ2n) is 7.78. The second kappa shape index (κ2) is 5.30. The topological polar surface area (TPSA) is 63.1 Å². The van der Waals surface area contributed by atoms with Crippen LogP contribution >= 0.6 is 0 Å². The number of amides is 1. The second-order valence-corrected chi connectivity index (χ2v) is 7.78. The molecular formula is C17H25N5O. The molecule has 3 saturated carbocycles. The van der Waals surface area contributed by atoms with Gasteiger partial charge in [0.25, 0.3) is 0 Å². The SMILES string of the molecule is O=C1CN(Cc2nnc(C3CC3)n2C2CC2)[C@H]2CCCC[C@H]2N1. The third-order valence-corrected chi connectivity index (χ3v) is 5.88. The lowest BCUT2D eigenvalue weighted by atomic mass is 9.87. The van der Waals surface area contributed by atoms with Gasteiger partial charge in [-0.2, -0.15) is 0 Å². The fraction of sp³-hybridized carbons (Fsp3) is 0.824. The summed E-state index contributed by atoms with van der Waals surface area (Å²) in [6.45, 7) is 1.29. The highest BCUT2D eigenvalue weighted by molar-refractivity contribution is 5.79. The molecule has 1 aliphatic heterocycles. The predicted octanol–water partition coefficient (Wildman–Crippen LogP) is 1.73. The molecule has 0 spiro atoms. The summed E-state index contributed by atoms with van der Waals surface area (Å²) in [6, 6.07) is 1.44. The smallest absolute Gasteiger partial charge is 0.234 e. The highest BCUT2D eigenvalue weighted by atomic mass is 16.2. The van der Waals surface area contributed by atoms with E-state index in [9.17, 15) is 4.79 Å². The molecular weight excluding hydrogens is 290 g/mol. The molecule has 4 fully saturated rings. The maximum Gasteiger partial charge on any atom is 0.234 e. The average Bonchev–Trinajstić information content (AvgIpc) is 3.46. The molecule has 1 N–H and O–H groups in total. The summed E-state index contributed by atoms with van der Waals surface area (Å²) in [5.41, 5.74) is 0. The maximum atomic E-state index is 12.1. The van der Waals surface area contributed by atoms with E-state index in [-0.39, 0.29) is 5.91 Å². The van der Waals surface area contributed by atoms with E-state index >= 15 is 0 Å². The number of piperazine rings is 1. The third kappa shape index (κ3) is 2.57. The monoisotopic (exact) mass is 315 g/mol. The van der Waals surface area contributed by atoms with Crippen LogP contribution in [0.25, 0.3) is 0 Å². The van der Waals surface area contributed by atoms with Gasteiger partial charge in [0.05, 0.1) is 13.1 Å². The van der Waals surface area contributed by atoms with E-state index in [4.69, 9.17) is 0 Å². The zero-order valence-corrected chi connectivity index (χ0v) is 13.6. The Morgan fingerprint density at radius 1 is 1.04 bits per heavy atom. The van der Waals surface area contributed by atoms with Gasteiger partial charge in [0.2, 0.25) is 5.91 Å².